The summed E-state index contributed by atoms with van der Waals surface area (Å²) in [4.78, 5) is 6.72. The molecule has 24 heavy (non-hydrogen) atoms. The van der Waals surface area contributed by atoms with Crippen LogP contribution in [0.15, 0.2) is 4.99 Å². The van der Waals surface area contributed by atoms with Crippen molar-refractivity contribution in [3.63, 3.8) is 0 Å². The van der Waals surface area contributed by atoms with Crippen LogP contribution >= 0.6 is 35.7 Å². The van der Waals surface area contributed by atoms with Crippen LogP contribution in [0.5, 0.6) is 0 Å². The lowest BCUT2D eigenvalue weighted by Crippen LogP contribution is -2.55. The molecule has 2 fully saturated rings. The summed E-state index contributed by atoms with van der Waals surface area (Å²) < 4.78 is 23.3. The maximum absolute atomic E-state index is 11.9. The maximum Gasteiger partial charge on any atom is 0.193 e. The molecule has 1 heterocycles. The second kappa shape index (κ2) is 8.79. The molecule has 0 amide bonds. The van der Waals surface area contributed by atoms with Crippen LogP contribution in [0.2, 0.25) is 0 Å². The Hall–Kier alpha value is 0.300. The van der Waals surface area contributed by atoms with Gasteiger partial charge in [-0.15, -0.1) is 24.0 Å². The summed E-state index contributed by atoms with van der Waals surface area (Å²) in [6.45, 7) is 5.91. The number of hydrogen-bond acceptors (Lipinski definition) is 4. The monoisotopic (exact) mass is 489 g/mol. The molecule has 0 aromatic carbocycles. The minimum absolute atomic E-state index is 0. The van der Waals surface area contributed by atoms with E-state index in [2.05, 4.69) is 27.0 Å². The van der Waals surface area contributed by atoms with Gasteiger partial charge in [-0.2, -0.15) is 11.8 Å². The van der Waals surface area contributed by atoms with Crippen LogP contribution in [0.4, 0.5) is 0 Å². The minimum atomic E-state index is -3.10. The van der Waals surface area contributed by atoms with Gasteiger partial charge in [-0.3, -0.25) is 4.99 Å². The molecule has 0 atom stereocenters. The average molecular weight is 489 g/mol. The molecular weight excluding hydrogens is 457 g/mol. The van der Waals surface area contributed by atoms with E-state index in [0.717, 1.165) is 24.8 Å². The lowest BCUT2D eigenvalue weighted by atomic mass is 9.87. The highest BCUT2D eigenvalue weighted by atomic mass is 127. The van der Waals surface area contributed by atoms with Crippen LogP contribution in [0.3, 0.4) is 0 Å². The number of sulfone groups is 1. The Morgan fingerprint density at radius 3 is 2.46 bits per heavy atom. The zero-order valence-corrected chi connectivity index (χ0v) is 19.3. The molecule has 0 radical (unpaired) electrons. The van der Waals surface area contributed by atoms with E-state index in [1.54, 1.807) is 20.9 Å². The standard InChI is InChI=1S/C16H31N3O2S2.HI/c1-15(2,23(4,20)21)12-18-14(17-3)19-10-11-22-16(13-19)8-6-5-7-9-16;/h5-13H2,1-4H3,(H,17,18);1H. The first-order chi connectivity index (χ1) is 10.7. The lowest BCUT2D eigenvalue weighted by molar-refractivity contribution is 0.293. The molecule has 5 nitrogen and oxygen atoms in total. The molecule has 1 saturated carbocycles. The van der Waals surface area contributed by atoms with E-state index in [1.165, 1.54) is 38.4 Å². The van der Waals surface area contributed by atoms with Crippen LogP contribution in [0.1, 0.15) is 46.0 Å². The number of hydrogen-bond donors (Lipinski definition) is 1. The third kappa shape index (κ3) is 5.40. The van der Waals surface area contributed by atoms with Gasteiger partial charge < -0.3 is 10.2 Å². The van der Waals surface area contributed by atoms with Crippen molar-refractivity contribution in [1.29, 1.82) is 0 Å². The van der Waals surface area contributed by atoms with Crippen molar-refractivity contribution in [2.75, 3.05) is 38.7 Å². The van der Waals surface area contributed by atoms with Crippen LogP contribution in [0, 0.1) is 0 Å². The van der Waals surface area contributed by atoms with E-state index in [4.69, 9.17) is 0 Å². The van der Waals surface area contributed by atoms with Crippen LogP contribution in [-0.2, 0) is 9.84 Å². The van der Waals surface area contributed by atoms with E-state index in [-0.39, 0.29) is 24.0 Å². The van der Waals surface area contributed by atoms with Gasteiger partial charge in [0.05, 0.1) is 4.75 Å². The van der Waals surface area contributed by atoms with Crippen molar-refractivity contribution in [3.8, 4) is 0 Å². The summed E-state index contributed by atoms with van der Waals surface area (Å²) in [5, 5.41) is 3.30. The first kappa shape index (κ1) is 22.3. The van der Waals surface area contributed by atoms with E-state index < -0.39 is 14.6 Å². The number of halogens is 1. The SMILES string of the molecule is CN=C(NCC(C)(C)S(C)(=O)=O)N1CCSC2(CCCCC2)C1.I. The van der Waals surface area contributed by atoms with Gasteiger partial charge in [0.2, 0.25) is 0 Å². The topological polar surface area (TPSA) is 61.8 Å². The fourth-order valence-corrected chi connectivity index (χ4v) is 5.18. The molecule has 8 heteroatoms. The Kier molecular flexibility index (Phi) is 8.19. The highest BCUT2D eigenvalue weighted by Crippen LogP contribution is 2.42. The minimum Gasteiger partial charge on any atom is -0.355 e. The molecular formula is C16H32IN3O2S2. The Morgan fingerprint density at radius 1 is 1.29 bits per heavy atom. The Bertz CT molecular complexity index is 538. The molecule has 2 aliphatic rings. The van der Waals surface area contributed by atoms with Crippen molar-refractivity contribution in [2.24, 2.45) is 4.99 Å². The number of guanidine groups is 1. The molecule has 1 N–H and O–H groups in total. The Morgan fingerprint density at radius 2 is 1.92 bits per heavy atom. The van der Waals surface area contributed by atoms with E-state index in [1.807, 2.05) is 0 Å². The van der Waals surface area contributed by atoms with E-state index in [9.17, 15) is 8.42 Å². The van der Waals surface area contributed by atoms with Gasteiger partial charge in [-0.25, -0.2) is 8.42 Å². The quantitative estimate of drug-likeness (QED) is 0.375. The van der Waals surface area contributed by atoms with Gasteiger partial charge in [0.15, 0.2) is 15.8 Å². The largest absolute Gasteiger partial charge is 0.355 e. The second-order valence-corrected chi connectivity index (χ2v) is 11.7. The highest BCUT2D eigenvalue weighted by Gasteiger charge is 2.38. The molecule has 0 aromatic heterocycles. The molecule has 1 spiro atoms. The molecule has 1 aliphatic heterocycles. The van der Waals surface area contributed by atoms with Gasteiger partial charge in [-0.05, 0) is 26.7 Å². The van der Waals surface area contributed by atoms with E-state index >= 15 is 0 Å². The summed E-state index contributed by atoms with van der Waals surface area (Å²) in [6.07, 6.45) is 7.89. The van der Waals surface area contributed by atoms with Gasteiger partial charge in [0, 0.05) is 43.4 Å². The maximum atomic E-state index is 11.9. The molecule has 1 saturated heterocycles. The summed E-state index contributed by atoms with van der Waals surface area (Å²) in [7, 11) is -1.32. The van der Waals surface area contributed by atoms with Gasteiger partial charge in [-0.1, -0.05) is 19.3 Å². The smallest absolute Gasteiger partial charge is 0.193 e. The Balaban J connectivity index is 0.00000288. The second-order valence-electron chi connectivity index (χ2n) is 7.45. The summed E-state index contributed by atoms with van der Waals surface area (Å²) in [5.41, 5.74) is 0. The predicted molar refractivity (Wildman–Crippen MR) is 116 cm³/mol. The van der Waals surface area contributed by atoms with Gasteiger partial charge in [0.1, 0.15) is 0 Å². The number of nitrogens with one attached hydrogen (secondary N) is 1. The van der Waals surface area contributed by atoms with Crippen LogP contribution in [0.25, 0.3) is 0 Å². The van der Waals surface area contributed by atoms with Crippen molar-refractivity contribution in [3.05, 3.63) is 0 Å². The van der Waals surface area contributed by atoms with Crippen molar-refractivity contribution in [1.82, 2.24) is 10.2 Å². The molecule has 2 rings (SSSR count). The Labute approximate surface area is 168 Å². The van der Waals surface area contributed by atoms with Gasteiger partial charge in [0.25, 0.3) is 0 Å². The van der Waals surface area contributed by atoms with Crippen molar-refractivity contribution in [2.45, 2.75) is 55.4 Å². The van der Waals surface area contributed by atoms with Crippen LogP contribution in [-0.4, -0.2) is 67.5 Å². The average Bonchev–Trinajstić information content (AvgIpc) is 2.47. The first-order valence-electron chi connectivity index (χ1n) is 8.48. The normalized spacial score (nSPS) is 22.2. The number of aliphatic imine (C=N–C) groups is 1. The molecule has 0 bridgehead atoms. The summed E-state index contributed by atoms with van der Waals surface area (Å²) in [5.74, 6) is 1.96. The first-order valence-corrected chi connectivity index (χ1v) is 11.4. The predicted octanol–water partition coefficient (Wildman–Crippen LogP) is 2.75. The third-order valence-corrected chi connectivity index (χ3v) is 8.89. The zero-order chi connectivity index (χ0) is 17.1. The zero-order valence-electron chi connectivity index (χ0n) is 15.3. The number of nitrogens with zero attached hydrogens (tertiary/aromatic N) is 2. The highest BCUT2D eigenvalue weighted by molar-refractivity contribution is 14.0. The third-order valence-electron chi connectivity index (χ3n) is 5.20. The fraction of sp³-hybridized carbons (Fsp3) is 0.938. The molecule has 142 valence electrons. The van der Waals surface area contributed by atoms with Crippen molar-refractivity contribution >= 4 is 51.5 Å². The molecule has 0 unspecified atom stereocenters. The lowest BCUT2D eigenvalue weighted by Gasteiger charge is -2.45. The van der Waals surface area contributed by atoms with E-state index in [0.29, 0.717) is 11.3 Å². The summed E-state index contributed by atoms with van der Waals surface area (Å²) >= 11 is 2.13. The van der Waals surface area contributed by atoms with Gasteiger partial charge >= 0.3 is 0 Å². The fourth-order valence-electron chi connectivity index (χ4n) is 3.28. The number of thioether (sulfide) groups is 1. The van der Waals surface area contributed by atoms with Crippen molar-refractivity contribution < 1.29 is 8.42 Å². The van der Waals surface area contributed by atoms with Crippen LogP contribution < -0.4 is 5.32 Å². The summed E-state index contributed by atoms with van der Waals surface area (Å²) in [6, 6.07) is 0. The molecule has 0 aromatic rings. The number of rotatable bonds is 3. The molecule has 1 aliphatic carbocycles.